The van der Waals surface area contributed by atoms with Crippen LogP contribution in [0.1, 0.15) is 30.4 Å². The maximum Gasteiger partial charge on any atom is 0.251 e. The number of carbonyl (C=O) groups is 2. The van der Waals surface area contributed by atoms with Gasteiger partial charge in [0.15, 0.2) is 0 Å². The van der Waals surface area contributed by atoms with Crippen molar-refractivity contribution in [2.75, 3.05) is 26.2 Å². The van der Waals surface area contributed by atoms with Gasteiger partial charge in [-0.05, 0) is 49.3 Å². The standard InChI is InChI=1S/C27H32N2O3/c1-3-14-28-26(31)27(13-15-29(19-27)25(30)24-8-5-16-32-24)18-21-6-4-7-23(17-21)22-11-9-20(2)10-12-22/h3-4,6-7,9-12,17,24H,1,5,8,13-16,18-19H2,2H3,(H,28,31)/t24-,27-/m1/s1. The van der Waals surface area contributed by atoms with Crippen LogP contribution >= 0.6 is 0 Å². The van der Waals surface area contributed by atoms with Crippen LogP contribution in [0, 0.1) is 12.3 Å². The average molecular weight is 433 g/mol. The van der Waals surface area contributed by atoms with Gasteiger partial charge in [0.05, 0.1) is 5.41 Å². The van der Waals surface area contributed by atoms with Gasteiger partial charge in [0.25, 0.3) is 5.91 Å². The number of carbonyl (C=O) groups excluding carboxylic acids is 2. The van der Waals surface area contributed by atoms with E-state index in [9.17, 15) is 9.59 Å². The molecule has 5 nitrogen and oxygen atoms in total. The number of ether oxygens (including phenoxy) is 1. The Morgan fingerprint density at radius 3 is 2.75 bits per heavy atom. The molecule has 2 fully saturated rings. The van der Waals surface area contributed by atoms with E-state index in [0.717, 1.165) is 29.5 Å². The van der Waals surface area contributed by atoms with Crippen molar-refractivity contribution in [1.29, 1.82) is 0 Å². The number of rotatable bonds is 7. The fourth-order valence-corrected chi connectivity index (χ4v) is 4.80. The molecule has 0 aliphatic carbocycles. The van der Waals surface area contributed by atoms with Crippen molar-refractivity contribution in [3.63, 3.8) is 0 Å². The highest BCUT2D eigenvalue weighted by Gasteiger charge is 2.47. The molecule has 0 radical (unpaired) electrons. The third-order valence-electron chi connectivity index (χ3n) is 6.61. The van der Waals surface area contributed by atoms with E-state index in [2.05, 4.69) is 61.3 Å². The van der Waals surface area contributed by atoms with E-state index in [1.807, 2.05) is 11.0 Å². The molecule has 2 saturated heterocycles. The first kappa shape index (κ1) is 22.3. The number of hydrogen-bond donors (Lipinski definition) is 1. The maximum atomic E-state index is 13.3. The van der Waals surface area contributed by atoms with Crippen molar-refractivity contribution in [3.05, 3.63) is 72.3 Å². The maximum absolute atomic E-state index is 13.3. The van der Waals surface area contributed by atoms with Crippen LogP contribution in [0.25, 0.3) is 11.1 Å². The molecule has 0 spiro atoms. The summed E-state index contributed by atoms with van der Waals surface area (Å²) in [6.07, 6.45) is 4.25. The van der Waals surface area contributed by atoms with Crippen molar-refractivity contribution in [2.24, 2.45) is 5.41 Å². The lowest BCUT2D eigenvalue weighted by Gasteiger charge is -2.29. The molecule has 0 aromatic heterocycles. The zero-order valence-electron chi connectivity index (χ0n) is 18.8. The molecule has 5 heteroatoms. The molecule has 0 saturated carbocycles. The van der Waals surface area contributed by atoms with E-state index >= 15 is 0 Å². The molecular weight excluding hydrogens is 400 g/mol. The van der Waals surface area contributed by atoms with Gasteiger partial charge in [-0.3, -0.25) is 9.59 Å². The zero-order chi connectivity index (χ0) is 22.6. The molecule has 2 aromatic rings. The van der Waals surface area contributed by atoms with Gasteiger partial charge in [0.1, 0.15) is 6.10 Å². The predicted octanol–water partition coefficient (Wildman–Crippen LogP) is 3.90. The molecule has 2 aliphatic heterocycles. The molecule has 168 valence electrons. The Bertz CT molecular complexity index is 979. The Hall–Kier alpha value is -2.92. The van der Waals surface area contributed by atoms with Crippen molar-refractivity contribution in [2.45, 2.75) is 38.7 Å². The topological polar surface area (TPSA) is 58.6 Å². The lowest BCUT2D eigenvalue weighted by molar-refractivity contribution is -0.141. The lowest BCUT2D eigenvalue weighted by atomic mass is 9.79. The SMILES string of the molecule is C=CCNC(=O)[C@@]1(Cc2cccc(-c3ccc(C)cc3)c2)CCN(C(=O)[C@H]2CCCO2)C1. The summed E-state index contributed by atoms with van der Waals surface area (Å²) in [7, 11) is 0. The van der Waals surface area contributed by atoms with Crippen LogP contribution in [-0.2, 0) is 20.7 Å². The van der Waals surface area contributed by atoms with Crippen molar-refractivity contribution >= 4 is 11.8 Å². The number of hydrogen-bond acceptors (Lipinski definition) is 3. The fourth-order valence-electron chi connectivity index (χ4n) is 4.80. The van der Waals surface area contributed by atoms with Gasteiger partial charge in [0, 0.05) is 26.2 Å². The summed E-state index contributed by atoms with van der Waals surface area (Å²) in [4.78, 5) is 28.1. The highest BCUT2D eigenvalue weighted by molar-refractivity contribution is 5.87. The quantitative estimate of drug-likeness (QED) is 0.675. The van der Waals surface area contributed by atoms with Gasteiger partial charge < -0.3 is 15.0 Å². The third kappa shape index (κ3) is 4.78. The predicted molar refractivity (Wildman–Crippen MR) is 126 cm³/mol. The van der Waals surface area contributed by atoms with Gasteiger partial charge in [-0.25, -0.2) is 0 Å². The van der Waals surface area contributed by atoms with Crippen LogP contribution in [0.2, 0.25) is 0 Å². The Labute approximate surface area is 190 Å². The molecule has 0 unspecified atom stereocenters. The van der Waals surface area contributed by atoms with Crippen LogP contribution < -0.4 is 5.32 Å². The van der Waals surface area contributed by atoms with Gasteiger partial charge >= 0.3 is 0 Å². The van der Waals surface area contributed by atoms with Crippen LogP contribution in [0.15, 0.2) is 61.2 Å². The minimum atomic E-state index is -0.650. The van der Waals surface area contributed by atoms with E-state index in [0.29, 0.717) is 39.1 Å². The first-order valence-electron chi connectivity index (χ1n) is 11.5. The molecule has 2 heterocycles. The molecule has 2 aromatic carbocycles. The molecule has 2 aliphatic rings. The Morgan fingerprint density at radius 2 is 2.03 bits per heavy atom. The van der Waals surface area contributed by atoms with E-state index in [-0.39, 0.29) is 17.9 Å². The van der Waals surface area contributed by atoms with Crippen molar-refractivity contribution in [3.8, 4) is 11.1 Å². The summed E-state index contributed by atoms with van der Waals surface area (Å²) < 4.78 is 5.61. The number of benzene rings is 2. The first-order valence-corrected chi connectivity index (χ1v) is 11.5. The van der Waals surface area contributed by atoms with Crippen molar-refractivity contribution in [1.82, 2.24) is 10.2 Å². The summed E-state index contributed by atoms with van der Waals surface area (Å²) in [5, 5.41) is 2.99. The molecule has 0 bridgehead atoms. The van der Waals surface area contributed by atoms with Gasteiger partial charge in [-0.15, -0.1) is 6.58 Å². The van der Waals surface area contributed by atoms with Crippen LogP contribution in [0.3, 0.4) is 0 Å². The summed E-state index contributed by atoms with van der Waals surface area (Å²) >= 11 is 0. The number of likely N-dealkylation sites (tertiary alicyclic amines) is 1. The second kappa shape index (κ2) is 9.70. The summed E-state index contributed by atoms with van der Waals surface area (Å²) in [5.74, 6) is 0.00933. The second-order valence-electron chi connectivity index (χ2n) is 9.03. The first-order chi connectivity index (χ1) is 15.5. The normalized spacial score (nSPS) is 22.7. The highest BCUT2D eigenvalue weighted by atomic mass is 16.5. The fraction of sp³-hybridized carbons (Fsp3) is 0.407. The Morgan fingerprint density at radius 1 is 1.22 bits per heavy atom. The smallest absolute Gasteiger partial charge is 0.251 e. The lowest BCUT2D eigenvalue weighted by Crippen LogP contribution is -2.46. The number of nitrogens with one attached hydrogen (secondary N) is 1. The third-order valence-corrected chi connectivity index (χ3v) is 6.61. The number of aryl methyl sites for hydroxylation is 1. The summed E-state index contributed by atoms with van der Waals surface area (Å²) in [6.45, 7) is 7.86. The number of nitrogens with zero attached hydrogens (tertiary/aromatic N) is 1. The average Bonchev–Trinajstić information content (AvgIpc) is 3.49. The Balaban J connectivity index is 1.57. The minimum Gasteiger partial charge on any atom is -0.368 e. The second-order valence-corrected chi connectivity index (χ2v) is 9.03. The molecule has 32 heavy (non-hydrogen) atoms. The van der Waals surface area contributed by atoms with E-state index in [1.165, 1.54) is 5.56 Å². The molecular formula is C27H32N2O3. The molecule has 2 atom stereocenters. The van der Waals surface area contributed by atoms with Crippen LogP contribution in [-0.4, -0.2) is 49.1 Å². The molecule has 1 N–H and O–H groups in total. The van der Waals surface area contributed by atoms with Crippen molar-refractivity contribution < 1.29 is 14.3 Å². The summed E-state index contributed by atoms with van der Waals surface area (Å²) in [5.41, 5.74) is 3.97. The zero-order valence-corrected chi connectivity index (χ0v) is 18.8. The van der Waals surface area contributed by atoms with Gasteiger partial charge in [-0.2, -0.15) is 0 Å². The van der Waals surface area contributed by atoms with Gasteiger partial charge in [0.2, 0.25) is 5.91 Å². The molecule has 2 amide bonds. The Kier molecular flexibility index (Phi) is 6.75. The van der Waals surface area contributed by atoms with Crippen LogP contribution in [0.4, 0.5) is 0 Å². The summed E-state index contributed by atoms with van der Waals surface area (Å²) in [6, 6.07) is 16.8. The minimum absolute atomic E-state index is 0.0132. The highest BCUT2D eigenvalue weighted by Crippen LogP contribution is 2.36. The molecule has 4 rings (SSSR count). The monoisotopic (exact) mass is 432 g/mol. The van der Waals surface area contributed by atoms with Crippen LogP contribution in [0.5, 0.6) is 0 Å². The van der Waals surface area contributed by atoms with E-state index < -0.39 is 5.41 Å². The van der Waals surface area contributed by atoms with Gasteiger partial charge in [-0.1, -0.05) is 60.2 Å². The van der Waals surface area contributed by atoms with E-state index in [4.69, 9.17) is 4.74 Å². The number of amides is 2. The largest absolute Gasteiger partial charge is 0.368 e. The van der Waals surface area contributed by atoms with E-state index in [1.54, 1.807) is 6.08 Å².